The molecule has 0 aliphatic rings. The van der Waals surface area contributed by atoms with Crippen LogP contribution < -0.4 is 10.7 Å². The van der Waals surface area contributed by atoms with E-state index in [9.17, 15) is 22.4 Å². The molecular weight excluding hydrogens is 423 g/mol. The minimum atomic E-state index is -3.94. The maximum Gasteiger partial charge on any atom is 0.255 e. The van der Waals surface area contributed by atoms with Gasteiger partial charge in [0.05, 0.1) is 22.7 Å². The Balaban J connectivity index is 2.00. The molecule has 0 aromatic heterocycles. The van der Waals surface area contributed by atoms with Gasteiger partial charge >= 0.3 is 0 Å². The van der Waals surface area contributed by atoms with E-state index in [1.165, 1.54) is 56.4 Å². The summed E-state index contributed by atoms with van der Waals surface area (Å²) in [6, 6.07) is 9.57. The molecule has 0 bridgehead atoms. The van der Waals surface area contributed by atoms with Gasteiger partial charge in [0.1, 0.15) is 5.82 Å². The zero-order chi connectivity index (χ0) is 21.6. The number of halogens is 2. The Labute approximate surface area is 172 Å². The van der Waals surface area contributed by atoms with Gasteiger partial charge in [-0.15, -0.1) is 0 Å². The highest BCUT2D eigenvalue weighted by Gasteiger charge is 2.22. The Morgan fingerprint density at radius 2 is 1.86 bits per heavy atom. The highest BCUT2D eigenvalue weighted by atomic mass is 35.5. The van der Waals surface area contributed by atoms with Crippen LogP contribution in [0.5, 0.6) is 0 Å². The van der Waals surface area contributed by atoms with Crippen molar-refractivity contribution >= 4 is 45.3 Å². The van der Waals surface area contributed by atoms with Crippen molar-refractivity contribution in [3.05, 3.63) is 58.9 Å². The first-order chi connectivity index (χ1) is 13.6. The van der Waals surface area contributed by atoms with Gasteiger partial charge in [0, 0.05) is 25.2 Å². The number of nitrogens with zero attached hydrogens (tertiary/aromatic N) is 2. The summed E-state index contributed by atoms with van der Waals surface area (Å²) in [6.45, 7) is 0.817. The van der Waals surface area contributed by atoms with Crippen LogP contribution in [0.1, 0.15) is 12.5 Å². The summed E-state index contributed by atoms with van der Waals surface area (Å²) in [7, 11) is -2.71. The molecule has 2 aromatic carbocycles. The number of rotatable bonds is 7. The van der Waals surface area contributed by atoms with E-state index in [0.717, 1.165) is 10.5 Å². The number of likely N-dealkylation sites (N-methyl/N-ethyl adjacent to an activating group) is 1. The van der Waals surface area contributed by atoms with Crippen LogP contribution in [0.25, 0.3) is 0 Å². The predicted octanol–water partition coefficient (Wildman–Crippen LogP) is 2.21. The van der Waals surface area contributed by atoms with Gasteiger partial charge in [-0.2, -0.15) is 9.41 Å². The smallest absolute Gasteiger partial charge is 0.255 e. The number of hydrazone groups is 1. The molecule has 2 amide bonds. The van der Waals surface area contributed by atoms with Crippen LogP contribution in [-0.4, -0.2) is 44.3 Å². The molecule has 0 aliphatic carbocycles. The third kappa shape index (κ3) is 6.08. The molecule has 0 atom stereocenters. The highest BCUT2D eigenvalue weighted by molar-refractivity contribution is 7.89. The molecule has 0 radical (unpaired) electrons. The van der Waals surface area contributed by atoms with Gasteiger partial charge in [-0.05, 0) is 36.4 Å². The van der Waals surface area contributed by atoms with Crippen LogP contribution in [0, 0.1) is 5.82 Å². The zero-order valence-corrected chi connectivity index (χ0v) is 17.1. The molecule has 8 nitrogen and oxygen atoms in total. The lowest BCUT2D eigenvalue weighted by Gasteiger charge is -2.16. The monoisotopic (exact) mass is 440 g/mol. The van der Waals surface area contributed by atoms with Crippen molar-refractivity contribution in [3.8, 4) is 0 Å². The van der Waals surface area contributed by atoms with E-state index in [1.54, 1.807) is 0 Å². The van der Waals surface area contributed by atoms with Gasteiger partial charge in [0.15, 0.2) is 0 Å². The second kappa shape index (κ2) is 9.59. The number of hydrogen-bond acceptors (Lipinski definition) is 5. The SMILES string of the molecule is CC(=O)Nc1ccc(S(=O)(=O)N(C)CC(=O)N/N=C/c2c(F)cccc2Cl)cc1. The second-order valence-electron chi connectivity index (χ2n) is 5.90. The maximum absolute atomic E-state index is 13.6. The van der Waals surface area contributed by atoms with E-state index in [2.05, 4.69) is 15.8 Å². The van der Waals surface area contributed by atoms with Crippen LogP contribution in [0.15, 0.2) is 52.5 Å². The molecule has 0 saturated heterocycles. The van der Waals surface area contributed by atoms with Crippen LogP contribution in [0.4, 0.5) is 10.1 Å². The Hall–Kier alpha value is -2.82. The summed E-state index contributed by atoms with van der Waals surface area (Å²) < 4.78 is 39.5. The van der Waals surface area contributed by atoms with E-state index in [-0.39, 0.29) is 21.4 Å². The van der Waals surface area contributed by atoms with E-state index >= 15 is 0 Å². The fourth-order valence-corrected chi connectivity index (χ4v) is 3.56. The normalized spacial score (nSPS) is 11.6. The number of carbonyl (C=O) groups excluding carboxylic acids is 2. The summed E-state index contributed by atoms with van der Waals surface area (Å²) in [4.78, 5) is 22.9. The molecule has 0 spiro atoms. The van der Waals surface area contributed by atoms with Crippen molar-refractivity contribution in [2.75, 3.05) is 18.9 Å². The van der Waals surface area contributed by atoms with Crippen LogP contribution in [0.2, 0.25) is 5.02 Å². The average Bonchev–Trinajstić information content (AvgIpc) is 2.64. The minimum Gasteiger partial charge on any atom is -0.326 e. The first kappa shape index (κ1) is 22.5. The maximum atomic E-state index is 13.6. The first-order valence-corrected chi connectivity index (χ1v) is 10.0. The van der Waals surface area contributed by atoms with Crippen molar-refractivity contribution in [2.45, 2.75) is 11.8 Å². The van der Waals surface area contributed by atoms with Gasteiger partial charge in [-0.25, -0.2) is 18.2 Å². The third-order valence-corrected chi connectivity index (χ3v) is 5.78. The average molecular weight is 441 g/mol. The number of nitrogens with one attached hydrogen (secondary N) is 2. The van der Waals surface area contributed by atoms with E-state index in [1.807, 2.05) is 0 Å². The molecule has 0 heterocycles. The lowest BCUT2D eigenvalue weighted by atomic mass is 10.2. The summed E-state index contributed by atoms with van der Waals surface area (Å²) >= 11 is 5.84. The Morgan fingerprint density at radius 1 is 1.21 bits per heavy atom. The molecular formula is C18H18ClFN4O4S. The second-order valence-corrected chi connectivity index (χ2v) is 8.35. The van der Waals surface area contributed by atoms with Crippen molar-refractivity contribution in [3.63, 3.8) is 0 Å². The molecule has 0 fully saturated rings. The van der Waals surface area contributed by atoms with Crippen LogP contribution in [0.3, 0.4) is 0 Å². The minimum absolute atomic E-state index is 0.00490. The van der Waals surface area contributed by atoms with Crippen LogP contribution >= 0.6 is 11.6 Å². The van der Waals surface area contributed by atoms with E-state index in [0.29, 0.717) is 5.69 Å². The Kier molecular flexibility index (Phi) is 7.43. The molecule has 154 valence electrons. The fourth-order valence-electron chi connectivity index (χ4n) is 2.22. The van der Waals surface area contributed by atoms with E-state index < -0.39 is 28.3 Å². The zero-order valence-electron chi connectivity index (χ0n) is 15.5. The number of hydrogen-bond donors (Lipinski definition) is 2. The fraction of sp³-hybridized carbons (Fsp3) is 0.167. The van der Waals surface area contributed by atoms with Crippen molar-refractivity contribution in [1.82, 2.24) is 9.73 Å². The first-order valence-electron chi connectivity index (χ1n) is 8.21. The molecule has 29 heavy (non-hydrogen) atoms. The standard InChI is InChI=1S/C18H18ClFN4O4S/c1-12(25)22-13-6-8-14(9-7-13)29(27,28)24(2)11-18(26)23-21-10-15-16(19)4-3-5-17(15)20/h3-10H,11H2,1-2H3,(H,22,25)(H,23,26)/b21-10+. The Bertz CT molecular complexity index is 1020. The third-order valence-electron chi connectivity index (χ3n) is 3.63. The molecule has 2 aromatic rings. The number of sulfonamides is 1. The highest BCUT2D eigenvalue weighted by Crippen LogP contribution is 2.18. The molecule has 0 unspecified atom stereocenters. The van der Waals surface area contributed by atoms with Crippen molar-refractivity contribution < 1.29 is 22.4 Å². The predicted molar refractivity (Wildman–Crippen MR) is 108 cm³/mol. The quantitative estimate of drug-likeness (QED) is 0.508. The number of anilines is 1. The number of carbonyl (C=O) groups is 2. The van der Waals surface area contributed by atoms with Gasteiger partial charge in [-0.1, -0.05) is 17.7 Å². The molecule has 0 aliphatic heterocycles. The summed E-state index contributed by atoms with van der Waals surface area (Å²) in [5.41, 5.74) is 2.56. The topological polar surface area (TPSA) is 108 Å². The lowest BCUT2D eigenvalue weighted by molar-refractivity contribution is -0.121. The molecule has 11 heteroatoms. The van der Waals surface area contributed by atoms with Crippen molar-refractivity contribution in [1.29, 1.82) is 0 Å². The lowest BCUT2D eigenvalue weighted by Crippen LogP contribution is -2.36. The molecule has 2 rings (SSSR count). The molecule has 2 N–H and O–H groups in total. The number of benzene rings is 2. The Morgan fingerprint density at radius 3 is 2.45 bits per heavy atom. The summed E-state index contributed by atoms with van der Waals surface area (Å²) in [5.74, 6) is -1.63. The van der Waals surface area contributed by atoms with Gasteiger partial charge < -0.3 is 5.32 Å². The molecule has 0 saturated carbocycles. The van der Waals surface area contributed by atoms with Crippen LogP contribution in [-0.2, 0) is 19.6 Å². The van der Waals surface area contributed by atoms with Crippen molar-refractivity contribution in [2.24, 2.45) is 5.10 Å². The largest absolute Gasteiger partial charge is 0.326 e. The van der Waals surface area contributed by atoms with Gasteiger partial charge in [-0.3, -0.25) is 9.59 Å². The number of amides is 2. The van der Waals surface area contributed by atoms with E-state index in [4.69, 9.17) is 11.6 Å². The van der Waals surface area contributed by atoms with Gasteiger partial charge in [0.2, 0.25) is 15.9 Å². The summed E-state index contributed by atoms with van der Waals surface area (Å²) in [6.07, 6.45) is 1.03. The van der Waals surface area contributed by atoms with Gasteiger partial charge in [0.25, 0.3) is 5.91 Å². The summed E-state index contributed by atoms with van der Waals surface area (Å²) in [5, 5.41) is 6.24.